The van der Waals surface area contributed by atoms with Crippen molar-refractivity contribution in [1.82, 2.24) is 16.0 Å². The number of nitrogens with one attached hydrogen (secondary N) is 3. The number of carbonyl (C=O) groups is 5. The summed E-state index contributed by atoms with van der Waals surface area (Å²) >= 11 is 0. The van der Waals surface area contributed by atoms with Crippen molar-refractivity contribution in [1.29, 1.82) is 0 Å². The standard InChI is InChI=1S/C58H73N5O21S4/c1-57(2)43-35-41(87(78,79)80)23-26-47(43)62(32-9-5-6-16-51(64)59-31-8-7-15-45(54(67)68)60-56(71)61-46(55(69)70)25-30-52(65)66)49(57)28-17-37-13-12-14-38(53(37)84-39-19-21-40(22-20-39)86(75,76)77)18-29-50-58(3,4)44-36-42(88(81,82)83)24-27-48(44)63(50)33-10-11-34-85(72,73)74/h17-24,26-29,35-36,45-46H,5-16,25,30-34H2,1-4H3,(H9-,59,60,61,64,65,66,67,68,69,70,71,72,73,74,75,76,77,78,79,80,81,82,83)/t45-,46-/m0/s1. The lowest BCUT2D eigenvalue weighted by molar-refractivity contribution is -0.438. The third kappa shape index (κ3) is 18.6. The summed E-state index contributed by atoms with van der Waals surface area (Å²) in [5.74, 6) is -4.31. The summed E-state index contributed by atoms with van der Waals surface area (Å²) in [6.07, 6.45) is 10.6. The topological polar surface area (TPSA) is 418 Å². The monoisotopic (exact) mass is 1300 g/mol. The number of hydrogen-bond acceptors (Lipinski definition) is 16. The van der Waals surface area contributed by atoms with Gasteiger partial charge in [0.1, 0.15) is 40.3 Å². The predicted molar refractivity (Wildman–Crippen MR) is 319 cm³/mol. The average molecular weight is 1300 g/mol. The molecular formula is C58H73N5O21S4. The van der Waals surface area contributed by atoms with Gasteiger partial charge in [-0.3, -0.25) is 23.2 Å². The Labute approximate surface area is 511 Å². The summed E-state index contributed by atoms with van der Waals surface area (Å²) in [6, 6.07) is 9.43. The third-order valence-electron chi connectivity index (χ3n) is 15.4. The zero-order valence-electron chi connectivity index (χ0n) is 48.8. The van der Waals surface area contributed by atoms with E-state index in [1.54, 1.807) is 12.1 Å². The summed E-state index contributed by atoms with van der Waals surface area (Å²) in [5.41, 5.74) is 3.29. The van der Waals surface area contributed by atoms with E-state index in [1.165, 1.54) is 48.5 Å². The summed E-state index contributed by atoms with van der Waals surface area (Å²) < 4.78 is 147. The van der Waals surface area contributed by atoms with Gasteiger partial charge in [-0.25, -0.2) is 22.8 Å². The number of rotatable bonds is 31. The Hall–Kier alpha value is -7.32. The lowest BCUT2D eigenvalue weighted by Crippen LogP contribution is -2.51. The minimum Gasteiger partial charge on any atom is -0.744 e. The molecule has 9 N–H and O–H groups in total. The molecular weight excluding hydrogens is 1230 g/mol. The molecule has 2 heterocycles. The van der Waals surface area contributed by atoms with Crippen molar-refractivity contribution in [3.05, 3.63) is 119 Å². The maximum atomic E-state index is 12.9. The summed E-state index contributed by atoms with van der Waals surface area (Å²) in [4.78, 5) is 60.2. The van der Waals surface area contributed by atoms with Crippen molar-refractivity contribution in [3.63, 3.8) is 0 Å². The Morgan fingerprint density at radius 2 is 1.31 bits per heavy atom. The van der Waals surface area contributed by atoms with Crippen molar-refractivity contribution in [3.8, 4) is 5.75 Å². The number of carboxylic acid groups (broad SMARTS) is 3. The Balaban J connectivity index is 1.25. The maximum Gasteiger partial charge on any atom is 0.326 e. The van der Waals surface area contributed by atoms with Gasteiger partial charge in [0, 0.05) is 66.9 Å². The second kappa shape index (κ2) is 28.9. The highest BCUT2D eigenvalue weighted by molar-refractivity contribution is 7.86. The molecule has 0 saturated heterocycles. The Kier molecular flexibility index (Phi) is 22.9. The lowest BCUT2D eigenvalue weighted by atomic mass is 9.81. The van der Waals surface area contributed by atoms with E-state index in [2.05, 4.69) is 16.0 Å². The number of nitrogens with zero attached hydrogens (tertiary/aromatic N) is 2. The number of anilines is 1. The van der Waals surface area contributed by atoms with Crippen molar-refractivity contribution < 1.29 is 100 Å². The van der Waals surface area contributed by atoms with Crippen molar-refractivity contribution in [2.45, 2.75) is 155 Å². The van der Waals surface area contributed by atoms with Crippen molar-refractivity contribution in [2.24, 2.45) is 0 Å². The molecule has 480 valence electrons. The van der Waals surface area contributed by atoms with Crippen LogP contribution in [0.1, 0.15) is 129 Å². The van der Waals surface area contributed by atoms with E-state index < -0.39 is 111 Å². The first-order valence-corrected chi connectivity index (χ1v) is 34.1. The van der Waals surface area contributed by atoms with Crippen LogP contribution in [0, 0.1) is 0 Å². The first-order chi connectivity index (χ1) is 41.0. The third-order valence-corrected chi connectivity index (χ3v) is 18.8. The molecule has 3 aliphatic rings. The van der Waals surface area contributed by atoms with Crippen molar-refractivity contribution in [2.75, 3.05) is 30.3 Å². The molecule has 2 atom stereocenters. The van der Waals surface area contributed by atoms with E-state index in [9.17, 15) is 86.1 Å². The van der Waals surface area contributed by atoms with Gasteiger partial charge in [-0.1, -0.05) is 19.9 Å². The number of carboxylic acids is 3. The van der Waals surface area contributed by atoms with E-state index >= 15 is 0 Å². The fourth-order valence-corrected chi connectivity index (χ4v) is 12.9. The van der Waals surface area contributed by atoms with E-state index in [0.717, 1.165) is 0 Å². The molecule has 0 fully saturated rings. The molecule has 0 aromatic heterocycles. The fraction of sp³-hybridized carbons (Fsp3) is 0.448. The molecule has 3 aromatic carbocycles. The highest BCUT2D eigenvalue weighted by Gasteiger charge is 2.45. The smallest absolute Gasteiger partial charge is 0.326 e. The van der Waals surface area contributed by atoms with Crippen LogP contribution in [0.25, 0.3) is 0 Å². The van der Waals surface area contributed by atoms with Crippen LogP contribution in [-0.2, 0) is 70.5 Å². The Morgan fingerprint density at radius 1 is 0.682 bits per heavy atom. The van der Waals surface area contributed by atoms with E-state index in [1.807, 2.05) is 61.5 Å². The number of allylic oxidation sites excluding steroid dienone is 7. The molecule has 0 unspecified atom stereocenters. The normalized spacial score (nSPS) is 17.4. The van der Waals surface area contributed by atoms with Crippen LogP contribution in [0.15, 0.2) is 122 Å². The number of fused-ring (bicyclic) bond motifs is 2. The summed E-state index contributed by atoms with van der Waals surface area (Å²) in [7, 11) is -18.3. The van der Waals surface area contributed by atoms with Gasteiger partial charge in [0.2, 0.25) is 11.6 Å². The molecule has 0 radical (unpaired) electrons. The number of benzene rings is 3. The number of amides is 3. The largest absolute Gasteiger partial charge is 0.744 e. The lowest BCUT2D eigenvalue weighted by Gasteiger charge is -2.27. The Bertz CT molecular complexity index is 3810. The van der Waals surface area contributed by atoms with E-state index in [4.69, 9.17) is 9.84 Å². The molecule has 30 heteroatoms. The number of urea groups is 1. The minimum absolute atomic E-state index is 0.0556. The van der Waals surface area contributed by atoms with Crippen LogP contribution in [0.4, 0.5) is 16.2 Å². The molecule has 88 heavy (non-hydrogen) atoms. The van der Waals surface area contributed by atoms with Gasteiger partial charge >= 0.3 is 23.9 Å². The molecule has 26 nitrogen and oxygen atoms in total. The van der Waals surface area contributed by atoms with Crippen LogP contribution in [0.2, 0.25) is 0 Å². The molecule has 0 spiro atoms. The molecule has 1 aliphatic carbocycles. The van der Waals surface area contributed by atoms with Crippen LogP contribution < -0.4 is 25.6 Å². The molecule has 3 aromatic rings. The molecule has 0 bridgehead atoms. The minimum atomic E-state index is -4.87. The highest BCUT2D eigenvalue weighted by atomic mass is 32.2. The van der Waals surface area contributed by atoms with Gasteiger partial charge in [0.05, 0.1) is 25.9 Å². The molecule has 0 saturated carbocycles. The number of unbranched alkanes of at least 4 members (excludes halogenated alkanes) is 4. The summed E-state index contributed by atoms with van der Waals surface area (Å²) in [6.45, 7) is 8.31. The molecule has 6 rings (SSSR count). The van der Waals surface area contributed by atoms with Gasteiger partial charge < -0.3 is 45.5 Å². The number of hydrogen-bond donors (Lipinski definition) is 9. The highest BCUT2D eigenvalue weighted by Crippen LogP contribution is 2.49. The zero-order chi connectivity index (χ0) is 65.2. The predicted octanol–water partition coefficient (Wildman–Crippen LogP) is 6.73. The van der Waals surface area contributed by atoms with Gasteiger partial charge in [-0.15, -0.1) is 0 Å². The van der Waals surface area contributed by atoms with Gasteiger partial charge in [-0.05, 0) is 168 Å². The SMILES string of the molecule is CC1(C)C(/C=C/C2=C(Oc3ccc(S(=O)(=O)O)cc3)C(=C/C=C3/N(CCCCS(=O)(=O)O)c4ccc(S(=O)(=O)O)cc4C3(C)C)/CCC2)=[N+](CCCCCC(=O)NCCCC[C@H](NC(=O)N[C@@H](CCC(=O)O)C(=O)O)C(=O)O)c2ccc(S(=O)(=O)[O-])cc21. The zero-order valence-corrected chi connectivity index (χ0v) is 52.1. The second-order valence-corrected chi connectivity index (χ2v) is 28.3. The van der Waals surface area contributed by atoms with Crippen LogP contribution in [-0.4, -0.2) is 145 Å². The van der Waals surface area contributed by atoms with E-state index in [0.29, 0.717) is 109 Å². The number of carbonyl (C=O) groups excluding carboxylic acids is 2. The first-order valence-electron chi connectivity index (χ1n) is 28.2. The summed E-state index contributed by atoms with van der Waals surface area (Å²) in [5, 5.41) is 34.8. The number of ether oxygens (including phenoxy) is 1. The Morgan fingerprint density at radius 3 is 1.92 bits per heavy atom. The van der Waals surface area contributed by atoms with Gasteiger partial charge in [-0.2, -0.15) is 29.8 Å². The van der Waals surface area contributed by atoms with Crippen LogP contribution in [0.5, 0.6) is 5.75 Å². The van der Waals surface area contributed by atoms with Gasteiger partial charge in [0.25, 0.3) is 30.4 Å². The molecule has 2 aliphatic heterocycles. The van der Waals surface area contributed by atoms with E-state index in [-0.39, 0.29) is 60.2 Å². The quantitative estimate of drug-likeness (QED) is 0.0183. The van der Waals surface area contributed by atoms with Crippen LogP contribution in [0.3, 0.4) is 0 Å². The van der Waals surface area contributed by atoms with Crippen LogP contribution >= 0.6 is 0 Å². The molecule has 3 amide bonds. The first kappa shape index (κ1) is 69.8. The van der Waals surface area contributed by atoms with Gasteiger partial charge in [0.15, 0.2) is 5.71 Å². The maximum absolute atomic E-state index is 12.9. The second-order valence-electron chi connectivity index (χ2n) is 22.5. The fourth-order valence-electron chi connectivity index (χ4n) is 10.8. The van der Waals surface area contributed by atoms with Crippen molar-refractivity contribution >= 4 is 87.4 Å². The average Bonchev–Trinajstić information content (AvgIpc) is 2.00. The number of aliphatic carboxylic acids is 3.